The van der Waals surface area contributed by atoms with Crippen molar-refractivity contribution in [1.29, 1.82) is 0 Å². The van der Waals surface area contributed by atoms with Crippen LogP contribution in [0.4, 0.5) is 0 Å². The zero-order chi connectivity index (χ0) is 12.1. The Morgan fingerprint density at radius 3 is 3.12 bits per heavy atom. The number of carbonyl (C=O) groups excluding carboxylic acids is 1. The van der Waals surface area contributed by atoms with E-state index in [0.717, 1.165) is 24.9 Å². The predicted molar refractivity (Wildman–Crippen MR) is 67.9 cm³/mol. The van der Waals surface area contributed by atoms with Crippen LogP contribution in [-0.4, -0.2) is 28.2 Å². The molecule has 4 heteroatoms. The number of amides is 1. The molecular weight excluding hydrogens is 236 g/mol. The number of hydrogen-bond donors (Lipinski definition) is 0. The first kappa shape index (κ1) is 12.4. The largest absolute Gasteiger partial charge is 0.336 e. The van der Waals surface area contributed by atoms with Crippen molar-refractivity contribution in [2.45, 2.75) is 31.7 Å². The normalized spacial score (nSPS) is 20.3. The fourth-order valence-electron chi connectivity index (χ4n) is 2.37. The lowest BCUT2D eigenvalue weighted by Crippen LogP contribution is -2.38. The minimum absolute atomic E-state index is 0.161. The summed E-state index contributed by atoms with van der Waals surface area (Å²) in [5.41, 5.74) is 1.13. The summed E-state index contributed by atoms with van der Waals surface area (Å²) < 4.78 is 0. The van der Waals surface area contributed by atoms with Crippen LogP contribution in [0, 0.1) is 0 Å². The molecule has 1 fully saturated rings. The van der Waals surface area contributed by atoms with Gasteiger partial charge in [0.25, 0.3) is 0 Å². The van der Waals surface area contributed by atoms with Crippen LogP contribution in [0.3, 0.4) is 0 Å². The van der Waals surface area contributed by atoms with Crippen molar-refractivity contribution in [1.82, 2.24) is 9.88 Å². The first-order valence-electron chi connectivity index (χ1n) is 6.08. The highest BCUT2D eigenvalue weighted by molar-refractivity contribution is 6.18. The van der Waals surface area contributed by atoms with E-state index in [0.29, 0.717) is 12.3 Å². The first-order valence-corrected chi connectivity index (χ1v) is 6.61. The fourth-order valence-corrected chi connectivity index (χ4v) is 2.54. The van der Waals surface area contributed by atoms with Crippen molar-refractivity contribution < 1.29 is 4.79 Å². The Balaban J connectivity index is 2.15. The molecule has 2 rings (SSSR count). The van der Waals surface area contributed by atoms with Gasteiger partial charge in [-0.05, 0) is 30.9 Å². The highest BCUT2D eigenvalue weighted by Gasteiger charge is 2.27. The van der Waals surface area contributed by atoms with Crippen LogP contribution in [0.15, 0.2) is 24.5 Å². The van der Waals surface area contributed by atoms with E-state index < -0.39 is 0 Å². The third kappa shape index (κ3) is 2.97. The molecule has 17 heavy (non-hydrogen) atoms. The second kappa shape index (κ2) is 6.01. The van der Waals surface area contributed by atoms with Gasteiger partial charge in [0.2, 0.25) is 5.91 Å². The van der Waals surface area contributed by atoms with E-state index in [9.17, 15) is 4.79 Å². The summed E-state index contributed by atoms with van der Waals surface area (Å²) in [6, 6.07) is 4.16. The molecule has 0 spiro atoms. The average molecular weight is 253 g/mol. The Labute approximate surface area is 107 Å². The Morgan fingerprint density at radius 1 is 1.53 bits per heavy atom. The minimum Gasteiger partial charge on any atom is -0.336 e. The maximum absolute atomic E-state index is 12.0. The number of rotatable bonds is 3. The Kier molecular flexibility index (Phi) is 4.37. The minimum atomic E-state index is 0.161. The van der Waals surface area contributed by atoms with E-state index in [1.165, 1.54) is 6.42 Å². The van der Waals surface area contributed by atoms with Gasteiger partial charge >= 0.3 is 0 Å². The van der Waals surface area contributed by atoms with Gasteiger partial charge in [0.15, 0.2) is 0 Å². The van der Waals surface area contributed by atoms with Crippen molar-refractivity contribution in [2.75, 3.05) is 12.4 Å². The van der Waals surface area contributed by atoms with E-state index in [2.05, 4.69) is 4.98 Å². The van der Waals surface area contributed by atoms with Gasteiger partial charge in [0.05, 0.1) is 6.04 Å². The molecule has 0 saturated carbocycles. The van der Waals surface area contributed by atoms with Gasteiger partial charge in [-0.15, -0.1) is 11.6 Å². The van der Waals surface area contributed by atoms with Gasteiger partial charge < -0.3 is 4.90 Å². The molecule has 0 N–H and O–H groups in total. The van der Waals surface area contributed by atoms with Crippen molar-refractivity contribution in [3.8, 4) is 0 Å². The maximum atomic E-state index is 12.0. The molecule has 1 amide bonds. The zero-order valence-corrected chi connectivity index (χ0v) is 10.6. The molecule has 1 aromatic rings. The zero-order valence-electron chi connectivity index (χ0n) is 9.81. The predicted octanol–water partition coefficient (Wildman–Crippen LogP) is 2.76. The van der Waals surface area contributed by atoms with E-state index in [-0.39, 0.29) is 11.9 Å². The SMILES string of the molecule is O=C(CCCl)N1CCCCC1c1cccnc1. The van der Waals surface area contributed by atoms with Crippen molar-refractivity contribution in [3.63, 3.8) is 0 Å². The van der Waals surface area contributed by atoms with Gasteiger partial charge in [0.1, 0.15) is 0 Å². The van der Waals surface area contributed by atoms with Crippen LogP contribution in [0.1, 0.15) is 37.3 Å². The molecule has 3 nitrogen and oxygen atoms in total. The molecular formula is C13H17ClN2O. The van der Waals surface area contributed by atoms with Crippen molar-refractivity contribution in [2.24, 2.45) is 0 Å². The van der Waals surface area contributed by atoms with Crippen LogP contribution in [-0.2, 0) is 4.79 Å². The molecule has 0 aromatic carbocycles. The van der Waals surface area contributed by atoms with Gasteiger partial charge in [-0.2, -0.15) is 0 Å². The Bertz CT molecular complexity index is 369. The van der Waals surface area contributed by atoms with Gasteiger partial charge in [-0.3, -0.25) is 9.78 Å². The average Bonchev–Trinajstić information content (AvgIpc) is 2.40. The number of halogens is 1. The highest BCUT2D eigenvalue weighted by atomic mass is 35.5. The summed E-state index contributed by atoms with van der Waals surface area (Å²) in [6.07, 6.45) is 7.33. The monoisotopic (exact) mass is 252 g/mol. The summed E-state index contributed by atoms with van der Waals surface area (Å²) in [5.74, 6) is 0.559. The molecule has 1 aliphatic rings. The second-order valence-electron chi connectivity index (χ2n) is 4.32. The number of aromatic nitrogens is 1. The molecule has 1 aliphatic heterocycles. The van der Waals surface area contributed by atoms with Gasteiger partial charge in [0, 0.05) is 31.2 Å². The van der Waals surface area contributed by atoms with Crippen molar-refractivity contribution >= 4 is 17.5 Å². The lowest BCUT2D eigenvalue weighted by Gasteiger charge is -2.36. The van der Waals surface area contributed by atoms with Crippen LogP contribution >= 0.6 is 11.6 Å². The van der Waals surface area contributed by atoms with E-state index in [1.54, 1.807) is 6.20 Å². The van der Waals surface area contributed by atoms with Crippen LogP contribution in [0.25, 0.3) is 0 Å². The Morgan fingerprint density at radius 2 is 2.41 bits per heavy atom. The molecule has 1 unspecified atom stereocenters. The van der Waals surface area contributed by atoms with Gasteiger partial charge in [-0.1, -0.05) is 6.07 Å². The molecule has 0 aliphatic carbocycles. The smallest absolute Gasteiger partial charge is 0.224 e. The van der Waals surface area contributed by atoms with Crippen LogP contribution in [0.5, 0.6) is 0 Å². The molecule has 92 valence electrons. The summed E-state index contributed by atoms with van der Waals surface area (Å²) in [5, 5.41) is 0. The standard InChI is InChI=1S/C13H17ClN2O/c14-7-6-13(17)16-9-2-1-5-12(16)11-4-3-8-15-10-11/h3-4,8,10,12H,1-2,5-7,9H2. The molecule has 0 bridgehead atoms. The highest BCUT2D eigenvalue weighted by Crippen LogP contribution is 2.30. The van der Waals surface area contributed by atoms with Gasteiger partial charge in [-0.25, -0.2) is 0 Å². The quantitative estimate of drug-likeness (QED) is 0.775. The van der Waals surface area contributed by atoms with E-state index in [4.69, 9.17) is 11.6 Å². The number of pyridine rings is 1. The second-order valence-corrected chi connectivity index (χ2v) is 4.70. The summed E-state index contributed by atoms with van der Waals surface area (Å²) >= 11 is 5.65. The summed E-state index contributed by atoms with van der Waals surface area (Å²) in [7, 11) is 0. The number of hydrogen-bond acceptors (Lipinski definition) is 2. The van der Waals surface area contributed by atoms with Crippen LogP contribution < -0.4 is 0 Å². The first-order chi connectivity index (χ1) is 8.33. The number of nitrogens with zero attached hydrogens (tertiary/aromatic N) is 2. The molecule has 1 atom stereocenters. The number of likely N-dealkylation sites (tertiary alicyclic amines) is 1. The third-order valence-corrected chi connectivity index (χ3v) is 3.39. The fraction of sp³-hybridized carbons (Fsp3) is 0.538. The maximum Gasteiger partial charge on any atom is 0.224 e. The Hall–Kier alpha value is -1.09. The molecule has 0 radical (unpaired) electrons. The lowest BCUT2D eigenvalue weighted by atomic mass is 9.96. The summed E-state index contributed by atoms with van der Waals surface area (Å²) in [4.78, 5) is 18.1. The summed E-state index contributed by atoms with van der Waals surface area (Å²) in [6.45, 7) is 0.843. The number of piperidine rings is 1. The molecule has 2 heterocycles. The molecule has 1 aromatic heterocycles. The van der Waals surface area contributed by atoms with Crippen LogP contribution in [0.2, 0.25) is 0 Å². The van der Waals surface area contributed by atoms with Crippen molar-refractivity contribution in [3.05, 3.63) is 30.1 Å². The van der Waals surface area contributed by atoms with E-state index in [1.807, 2.05) is 23.2 Å². The lowest BCUT2D eigenvalue weighted by molar-refractivity contribution is -0.134. The molecule has 1 saturated heterocycles. The third-order valence-electron chi connectivity index (χ3n) is 3.20. The van der Waals surface area contributed by atoms with E-state index >= 15 is 0 Å². The number of carbonyl (C=O) groups is 1. The number of alkyl halides is 1. The topological polar surface area (TPSA) is 33.2 Å².